The van der Waals surface area contributed by atoms with Crippen LogP contribution in [0.15, 0.2) is 12.4 Å². The van der Waals surface area contributed by atoms with Crippen LogP contribution in [0.25, 0.3) is 0 Å². The molecule has 1 saturated carbocycles. The van der Waals surface area contributed by atoms with Crippen LogP contribution in [0.5, 0.6) is 0 Å². The number of anilines is 1. The maximum absolute atomic E-state index is 6.14. The maximum Gasteiger partial charge on any atom is 0.0836 e. The number of hydrogen-bond acceptors (Lipinski definition) is 2. The van der Waals surface area contributed by atoms with E-state index in [0.29, 0.717) is 21.5 Å². The summed E-state index contributed by atoms with van der Waals surface area (Å²) in [5, 5.41) is 4.69. The van der Waals surface area contributed by atoms with Crippen molar-refractivity contribution in [1.29, 1.82) is 0 Å². The van der Waals surface area contributed by atoms with Gasteiger partial charge < -0.3 is 5.32 Å². The summed E-state index contributed by atoms with van der Waals surface area (Å²) >= 11 is 12.3. The number of pyridine rings is 1. The zero-order valence-corrected chi connectivity index (χ0v) is 13.4. The molecule has 0 bridgehead atoms. The molecular weight excluding hydrogens is 279 g/mol. The quantitative estimate of drug-likeness (QED) is 0.790. The van der Waals surface area contributed by atoms with Crippen molar-refractivity contribution in [2.45, 2.75) is 52.5 Å². The first-order valence-electron chi connectivity index (χ1n) is 6.93. The van der Waals surface area contributed by atoms with Crippen LogP contribution in [0.4, 0.5) is 5.69 Å². The van der Waals surface area contributed by atoms with Gasteiger partial charge in [-0.05, 0) is 37.0 Å². The summed E-state index contributed by atoms with van der Waals surface area (Å²) in [7, 11) is 0. The minimum absolute atomic E-state index is 0.414. The van der Waals surface area contributed by atoms with E-state index in [9.17, 15) is 0 Å². The van der Waals surface area contributed by atoms with Gasteiger partial charge in [0.05, 0.1) is 15.7 Å². The van der Waals surface area contributed by atoms with E-state index < -0.39 is 0 Å². The molecule has 0 unspecified atom stereocenters. The van der Waals surface area contributed by atoms with Gasteiger partial charge in [-0.3, -0.25) is 4.98 Å². The monoisotopic (exact) mass is 300 g/mol. The van der Waals surface area contributed by atoms with Gasteiger partial charge in [-0.25, -0.2) is 0 Å². The molecule has 0 aliphatic heterocycles. The van der Waals surface area contributed by atoms with Crippen LogP contribution in [0.1, 0.15) is 46.5 Å². The molecule has 1 N–H and O–H groups in total. The third-order valence-electron chi connectivity index (χ3n) is 4.15. The predicted molar refractivity (Wildman–Crippen MR) is 83.1 cm³/mol. The van der Waals surface area contributed by atoms with Crippen molar-refractivity contribution in [1.82, 2.24) is 4.98 Å². The molecule has 0 spiro atoms. The Morgan fingerprint density at radius 2 is 1.58 bits per heavy atom. The highest BCUT2D eigenvalue weighted by atomic mass is 35.5. The Bertz CT molecular complexity index is 412. The lowest BCUT2D eigenvalue weighted by atomic mass is 9.71. The Hall–Kier alpha value is -0.470. The number of aromatic nitrogens is 1. The lowest BCUT2D eigenvalue weighted by Gasteiger charge is -2.37. The fraction of sp³-hybridized carbons (Fsp3) is 0.667. The predicted octanol–water partition coefficient (Wildman–Crippen LogP) is 5.41. The van der Waals surface area contributed by atoms with Gasteiger partial charge in [-0.1, -0.05) is 44.0 Å². The smallest absolute Gasteiger partial charge is 0.0836 e. The van der Waals surface area contributed by atoms with E-state index in [-0.39, 0.29) is 0 Å². The highest BCUT2D eigenvalue weighted by Gasteiger charge is 2.29. The second-order valence-corrected chi connectivity index (χ2v) is 7.35. The molecule has 1 aliphatic rings. The van der Waals surface area contributed by atoms with Crippen LogP contribution >= 0.6 is 23.2 Å². The largest absolute Gasteiger partial charge is 0.380 e. The van der Waals surface area contributed by atoms with Gasteiger partial charge in [0.1, 0.15) is 0 Å². The van der Waals surface area contributed by atoms with E-state index in [1.807, 2.05) is 0 Å². The highest BCUT2D eigenvalue weighted by Crippen LogP contribution is 2.39. The second-order valence-electron chi connectivity index (χ2n) is 6.54. The summed E-state index contributed by atoms with van der Waals surface area (Å²) in [6.07, 6.45) is 8.16. The summed E-state index contributed by atoms with van der Waals surface area (Å²) in [6.45, 7) is 7.01. The van der Waals surface area contributed by atoms with Gasteiger partial charge in [0.15, 0.2) is 0 Å². The van der Waals surface area contributed by atoms with Crippen LogP contribution < -0.4 is 5.32 Å². The molecule has 19 heavy (non-hydrogen) atoms. The van der Waals surface area contributed by atoms with Crippen molar-refractivity contribution >= 4 is 28.9 Å². The third kappa shape index (κ3) is 3.76. The van der Waals surface area contributed by atoms with E-state index in [4.69, 9.17) is 23.2 Å². The van der Waals surface area contributed by atoms with Gasteiger partial charge in [-0.2, -0.15) is 0 Å². The molecule has 1 heterocycles. The average molecular weight is 301 g/mol. The summed E-state index contributed by atoms with van der Waals surface area (Å²) in [6, 6.07) is 0.469. The van der Waals surface area contributed by atoms with Gasteiger partial charge >= 0.3 is 0 Å². The second kappa shape index (κ2) is 5.88. The first kappa shape index (κ1) is 14.9. The number of hydrogen-bond donors (Lipinski definition) is 1. The first-order valence-corrected chi connectivity index (χ1v) is 7.69. The topological polar surface area (TPSA) is 24.9 Å². The molecule has 1 aliphatic carbocycles. The number of rotatable bonds is 2. The van der Waals surface area contributed by atoms with Crippen molar-refractivity contribution in [3.05, 3.63) is 22.4 Å². The summed E-state index contributed by atoms with van der Waals surface area (Å²) in [4.78, 5) is 3.98. The minimum atomic E-state index is 0.414. The van der Waals surface area contributed by atoms with E-state index >= 15 is 0 Å². The maximum atomic E-state index is 6.14. The molecule has 1 aromatic rings. The standard InChI is InChI=1S/C15H22Cl2N2/c1-15(2,3)10-4-6-11(7-5-10)19-14-12(16)8-18-9-13(14)17/h8-11H,4-7H2,1-3H3,(H,18,19). The summed E-state index contributed by atoms with van der Waals surface area (Å²) in [5.41, 5.74) is 1.24. The lowest BCUT2D eigenvalue weighted by molar-refractivity contribution is 0.173. The van der Waals surface area contributed by atoms with Crippen LogP contribution in [0, 0.1) is 11.3 Å². The highest BCUT2D eigenvalue weighted by molar-refractivity contribution is 6.38. The normalized spacial score (nSPS) is 24.3. The number of nitrogens with zero attached hydrogens (tertiary/aromatic N) is 1. The van der Waals surface area contributed by atoms with Crippen LogP contribution in [0.3, 0.4) is 0 Å². The van der Waals surface area contributed by atoms with Crippen LogP contribution in [-0.2, 0) is 0 Å². The van der Waals surface area contributed by atoms with Crippen molar-refractivity contribution in [2.24, 2.45) is 11.3 Å². The van der Waals surface area contributed by atoms with Crippen LogP contribution in [0.2, 0.25) is 10.0 Å². The number of nitrogens with one attached hydrogen (secondary N) is 1. The van der Waals surface area contributed by atoms with Crippen molar-refractivity contribution in [2.75, 3.05) is 5.32 Å². The molecular formula is C15H22Cl2N2. The van der Waals surface area contributed by atoms with Gasteiger partial charge in [-0.15, -0.1) is 0 Å². The zero-order valence-electron chi connectivity index (χ0n) is 11.8. The molecule has 0 aromatic carbocycles. The Morgan fingerprint density at radius 1 is 1.05 bits per heavy atom. The van der Waals surface area contributed by atoms with E-state index in [0.717, 1.165) is 11.6 Å². The fourth-order valence-corrected chi connectivity index (χ4v) is 3.33. The average Bonchev–Trinajstić information content (AvgIpc) is 2.33. The molecule has 106 valence electrons. The van der Waals surface area contributed by atoms with Gasteiger partial charge in [0.2, 0.25) is 0 Å². The van der Waals surface area contributed by atoms with E-state index in [2.05, 4.69) is 31.1 Å². The van der Waals surface area contributed by atoms with Crippen molar-refractivity contribution in [3.8, 4) is 0 Å². The summed E-state index contributed by atoms with van der Waals surface area (Å²) < 4.78 is 0. The van der Waals surface area contributed by atoms with Crippen molar-refractivity contribution in [3.63, 3.8) is 0 Å². The molecule has 2 nitrogen and oxygen atoms in total. The zero-order chi connectivity index (χ0) is 14.0. The molecule has 4 heteroatoms. The molecule has 1 aromatic heterocycles. The van der Waals surface area contributed by atoms with Crippen molar-refractivity contribution < 1.29 is 0 Å². The lowest BCUT2D eigenvalue weighted by Crippen LogP contribution is -2.31. The fourth-order valence-electron chi connectivity index (χ4n) is 2.86. The molecule has 0 saturated heterocycles. The Morgan fingerprint density at radius 3 is 2.05 bits per heavy atom. The molecule has 0 amide bonds. The Labute approximate surface area is 125 Å². The first-order chi connectivity index (χ1) is 8.88. The van der Waals surface area contributed by atoms with E-state index in [1.54, 1.807) is 12.4 Å². The van der Waals surface area contributed by atoms with Gasteiger partial charge in [0, 0.05) is 18.4 Å². The van der Waals surface area contributed by atoms with E-state index in [1.165, 1.54) is 25.7 Å². The molecule has 0 radical (unpaired) electrons. The van der Waals surface area contributed by atoms with Crippen LogP contribution in [-0.4, -0.2) is 11.0 Å². The Kier molecular flexibility index (Phi) is 4.62. The SMILES string of the molecule is CC(C)(C)C1CCC(Nc2c(Cl)cncc2Cl)CC1. The number of halogens is 2. The molecule has 1 fully saturated rings. The molecule has 0 atom stereocenters. The minimum Gasteiger partial charge on any atom is -0.380 e. The molecule has 2 rings (SSSR count). The Balaban J connectivity index is 1.96. The summed E-state index contributed by atoms with van der Waals surface area (Å²) in [5.74, 6) is 0.814. The third-order valence-corrected chi connectivity index (χ3v) is 4.73. The van der Waals surface area contributed by atoms with Gasteiger partial charge in [0.25, 0.3) is 0 Å².